The third-order valence-electron chi connectivity index (χ3n) is 3.35. The van der Waals surface area contributed by atoms with Gasteiger partial charge in [-0.3, -0.25) is 4.68 Å². The summed E-state index contributed by atoms with van der Waals surface area (Å²) in [4.78, 5) is 4.08. The molecule has 132 valence electrons. The number of sulfonamides is 1. The molecule has 0 amide bonds. The van der Waals surface area contributed by atoms with E-state index in [0.29, 0.717) is 22.1 Å². The van der Waals surface area contributed by atoms with Gasteiger partial charge in [-0.25, -0.2) is 13.1 Å². The Morgan fingerprint density at radius 2 is 1.92 bits per heavy atom. The van der Waals surface area contributed by atoms with Gasteiger partial charge in [0.2, 0.25) is 21.7 Å². The number of halogens is 2. The average molecular weight is 402 g/mol. The second-order valence-corrected chi connectivity index (χ2v) is 7.67. The van der Waals surface area contributed by atoms with E-state index in [1.807, 2.05) is 0 Å². The van der Waals surface area contributed by atoms with Gasteiger partial charge in [0.25, 0.3) is 0 Å². The molecule has 0 saturated heterocycles. The molecule has 3 rings (SSSR count). The number of nitrogens with zero attached hydrogens (tertiary/aromatic N) is 4. The third-order valence-corrected chi connectivity index (χ3v) is 5.70. The molecule has 0 bridgehead atoms. The minimum atomic E-state index is -3.87. The zero-order valence-corrected chi connectivity index (χ0v) is 15.5. The van der Waals surface area contributed by atoms with Crippen molar-refractivity contribution in [2.75, 3.05) is 0 Å². The molecule has 2 heterocycles. The Labute approximate surface area is 153 Å². The van der Waals surface area contributed by atoms with Gasteiger partial charge < -0.3 is 4.52 Å². The Bertz CT molecular complexity index is 1010. The molecule has 0 spiro atoms. The second-order valence-electron chi connectivity index (χ2n) is 5.17. The maximum absolute atomic E-state index is 12.4. The summed E-state index contributed by atoms with van der Waals surface area (Å²) in [5.41, 5.74) is 1.00. The highest BCUT2D eigenvalue weighted by Gasteiger charge is 2.25. The van der Waals surface area contributed by atoms with Gasteiger partial charge in [-0.15, -0.1) is 0 Å². The van der Waals surface area contributed by atoms with Crippen molar-refractivity contribution in [3.63, 3.8) is 0 Å². The summed E-state index contributed by atoms with van der Waals surface area (Å²) >= 11 is 11.8. The molecule has 3 aromatic rings. The molecule has 1 N–H and O–H groups in total. The molecular weight excluding hydrogens is 389 g/mol. The van der Waals surface area contributed by atoms with Crippen molar-refractivity contribution in [3.8, 4) is 11.4 Å². The Hall–Kier alpha value is -1.94. The molecular formula is C14H13Cl2N5O3S. The van der Waals surface area contributed by atoms with E-state index in [-0.39, 0.29) is 22.5 Å². The van der Waals surface area contributed by atoms with Crippen molar-refractivity contribution in [2.45, 2.75) is 18.4 Å². The van der Waals surface area contributed by atoms with Gasteiger partial charge in [-0.05, 0) is 31.2 Å². The van der Waals surface area contributed by atoms with Crippen molar-refractivity contribution in [2.24, 2.45) is 7.05 Å². The zero-order chi connectivity index (χ0) is 18.2. The summed E-state index contributed by atoms with van der Waals surface area (Å²) in [6.45, 7) is 1.39. The Balaban J connectivity index is 1.77. The van der Waals surface area contributed by atoms with E-state index in [0.717, 1.165) is 0 Å². The van der Waals surface area contributed by atoms with Crippen LogP contribution in [0, 0.1) is 6.92 Å². The summed E-state index contributed by atoms with van der Waals surface area (Å²) < 4.78 is 33.6. The van der Waals surface area contributed by atoms with Gasteiger partial charge >= 0.3 is 0 Å². The highest BCUT2D eigenvalue weighted by atomic mass is 35.5. The number of benzene rings is 1. The highest BCUT2D eigenvalue weighted by Crippen LogP contribution is 2.24. The molecule has 0 radical (unpaired) electrons. The number of nitrogens with one attached hydrogen (secondary N) is 1. The summed E-state index contributed by atoms with van der Waals surface area (Å²) in [5, 5.41) is 8.42. The summed E-state index contributed by atoms with van der Waals surface area (Å²) in [6.07, 6.45) is 0. The van der Waals surface area contributed by atoms with E-state index in [2.05, 4.69) is 20.0 Å². The number of aryl methyl sites for hydroxylation is 2. The number of aromatic nitrogens is 4. The first-order chi connectivity index (χ1) is 11.8. The normalized spacial score (nSPS) is 11.8. The number of hydrogen-bond acceptors (Lipinski definition) is 6. The lowest BCUT2D eigenvalue weighted by atomic mass is 10.2. The Morgan fingerprint density at radius 1 is 1.24 bits per heavy atom. The van der Waals surface area contributed by atoms with Crippen LogP contribution in [0.4, 0.5) is 0 Å². The molecule has 0 atom stereocenters. The van der Waals surface area contributed by atoms with Gasteiger partial charge in [0.05, 0.1) is 12.2 Å². The first kappa shape index (κ1) is 17.9. The molecule has 2 aromatic heterocycles. The SMILES string of the molecule is Cc1nn(C)c(Cl)c1S(=O)(=O)NCc1nc(-c2ccc(Cl)cc2)no1. The molecule has 11 heteroatoms. The second kappa shape index (κ2) is 6.75. The predicted octanol–water partition coefficient (Wildman–Crippen LogP) is 2.56. The fourth-order valence-electron chi connectivity index (χ4n) is 2.19. The minimum absolute atomic E-state index is 0.0254. The van der Waals surface area contributed by atoms with Gasteiger partial charge in [0.15, 0.2) is 0 Å². The maximum Gasteiger partial charge on any atom is 0.245 e. The summed E-state index contributed by atoms with van der Waals surface area (Å²) in [7, 11) is -2.31. The van der Waals surface area contributed by atoms with E-state index >= 15 is 0 Å². The predicted molar refractivity (Wildman–Crippen MR) is 91.7 cm³/mol. The van der Waals surface area contributed by atoms with Crippen LogP contribution in [-0.2, 0) is 23.6 Å². The fourth-order valence-corrected chi connectivity index (χ4v) is 4.03. The van der Waals surface area contributed by atoms with Gasteiger partial charge in [0, 0.05) is 17.6 Å². The lowest BCUT2D eigenvalue weighted by molar-refractivity contribution is 0.376. The molecule has 0 aliphatic heterocycles. The van der Waals surface area contributed by atoms with Crippen LogP contribution in [0.15, 0.2) is 33.7 Å². The first-order valence-electron chi connectivity index (χ1n) is 7.05. The van der Waals surface area contributed by atoms with Crippen LogP contribution in [0.1, 0.15) is 11.6 Å². The van der Waals surface area contributed by atoms with E-state index in [1.54, 1.807) is 38.2 Å². The van der Waals surface area contributed by atoms with Crippen molar-refractivity contribution >= 4 is 33.2 Å². The third kappa shape index (κ3) is 3.69. The summed E-state index contributed by atoms with van der Waals surface area (Å²) in [5.74, 6) is 0.452. The van der Waals surface area contributed by atoms with Crippen LogP contribution in [0.5, 0.6) is 0 Å². The minimum Gasteiger partial charge on any atom is -0.338 e. The van der Waals surface area contributed by atoms with Gasteiger partial charge in [0.1, 0.15) is 10.0 Å². The highest BCUT2D eigenvalue weighted by molar-refractivity contribution is 7.89. The smallest absolute Gasteiger partial charge is 0.245 e. The molecule has 0 fully saturated rings. The first-order valence-corrected chi connectivity index (χ1v) is 9.29. The number of hydrogen-bond donors (Lipinski definition) is 1. The van der Waals surface area contributed by atoms with Crippen LogP contribution in [-0.4, -0.2) is 28.3 Å². The lowest BCUT2D eigenvalue weighted by Gasteiger charge is -2.03. The number of rotatable bonds is 5. The molecule has 25 heavy (non-hydrogen) atoms. The van der Waals surface area contributed by atoms with E-state index < -0.39 is 10.0 Å². The molecule has 1 aromatic carbocycles. The zero-order valence-electron chi connectivity index (χ0n) is 13.2. The monoisotopic (exact) mass is 401 g/mol. The van der Waals surface area contributed by atoms with Gasteiger partial charge in [-0.1, -0.05) is 28.4 Å². The van der Waals surface area contributed by atoms with Crippen molar-refractivity contribution in [3.05, 3.63) is 46.0 Å². The maximum atomic E-state index is 12.4. The van der Waals surface area contributed by atoms with Crippen LogP contribution in [0.3, 0.4) is 0 Å². The molecule has 0 unspecified atom stereocenters. The van der Waals surface area contributed by atoms with E-state index in [4.69, 9.17) is 27.7 Å². The summed E-state index contributed by atoms with van der Waals surface area (Å²) in [6, 6.07) is 6.87. The van der Waals surface area contributed by atoms with Crippen LogP contribution in [0.2, 0.25) is 10.2 Å². The topological polar surface area (TPSA) is 103 Å². The van der Waals surface area contributed by atoms with E-state index in [1.165, 1.54) is 4.68 Å². The molecule has 8 nitrogen and oxygen atoms in total. The molecule has 0 aliphatic rings. The fraction of sp³-hybridized carbons (Fsp3) is 0.214. The lowest BCUT2D eigenvalue weighted by Crippen LogP contribution is -2.24. The Kier molecular flexibility index (Phi) is 4.83. The average Bonchev–Trinajstić information content (AvgIpc) is 3.11. The van der Waals surface area contributed by atoms with Gasteiger partial charge in [-0.2, -0.15) is 10.1 Å². The standard InChI is InChI=1S/C14H13Cl2N5O3S/c1-8-12(13(16)21(2)19-8)25(22,23)17-7-11-18-14(20-24-11)9-3-5-10(15)6-4-9/h3-6,17H,7H2,1-2H3. The van der Waals surface area contributed by atoms with Crippen molar-refractivity contribution < 1.29 is 12.9 Å². The van der Waals surface area contributed by atoms with Crippen LogP contribution < -0.4 is 4.72 Å². The van der Waals surface area contributed by atoms with E-state index in [9.17, 15) is 8.42 Å². The largest absolute Gasteiger partial charge is 0.338 e. The van der Waals surface area contributed by atoms with Crippen molar-refractivity contribution in [1.29, 1.82) is 0 Å². The Morgan fingerprint density at radius 3 is 2.52 bits per heavy atom. The van der Waals surface area contributed by atoms with Crippen molar-refractivity contribution in [1.82, 2.24) is 24.6 Å². The van der Waals surface area contributed by atoms with Crippen LogP contribution in [0.25, 0.3) is 11.4 Å². The van der Waals surface area contributed by atoms with Crippen LogP contribution >= 0.6 is 23.2 Å². The molecule has 0 saturated carbocycles. The quantitative estimate of drug-likeness (QED) is 0.704. The molecule has 0 aliphatic carbocycles.